The van der Waals surface area contributed by atoms with Crippen LogP contribution in [0.3, 0.4) is 0 Å². The molecule has 1 heterocycles. The molecule has 0 bridgehead atoms. The van der Waals surface area contributed by atoms with E-state index >= 15 is 0 Å². The number of nitrogens with one attached hydrogen (secondary N) is 2. The summed E-state index contributed by atoms with van der Waals surface area (Å²) in [5.74, 6) is 0. The molecule has 2 N–H and O–H groups in total. The summed E-state index contributed by atoms with van der Waals surface area (Å²) in [6.45, 7) is 5.96. The molecule has 0 aliphatic carbocycles. The summed E-state index contributed by atoms with van der Waals surface area (Å²) in [7, 11) is -2.05. The minimum absolute atomic E-state index is 0.0382. The van der Waals surface area contributed by atoms with Crippen molar-refractivity contribution in [3.05, 3.63) is 23.9 Å². The third-order valence-corrected chi connectivity index (χ3v) is 4.45. The Balaban J connectivity index is 2.70. The second-order valence-electron chi connectivity index (χ2n) is 4.86. The molecule has 0 aliphatic rings. The summed E-state index contributed by atoms with van der Waals surface area (Å²) in [6.07, 6.45) is 3.31. The number of sulfonamides is 1. The van der Waals surface area contributed by atoms with Crippen LogP contribution in [0, 0.1) is 0 Å². The summed E-state index contributed by atoms with van der Waals surface area (Å²) in [4.78, 5) is 4.05. The SMILES string of the molecule is CCCNCc1ccc(S(=O)(=O)NC(CC)COC)nc1. The second-order valence-corrected chi connectivity index (χ2v) is 6.52. The zero-order valence-corrected chi connectivity index (χ0v) is 13.7. The van der Waals surface area contributed by atoms with Gasteiger partial charge in [0, 0.05) is 25.9 Å². The molecule has 0 saturated heterocycles. The van der Waals surface area contributed by atoms with Gasteiger partial charge in [0.05, 0.1) is 6.61 Å². The van der Waals surface area contributed by atoms with E-state index in [-0.39, 0.29) is 11.1 Å². The van der Waals surface area contributed by atoms with Gasteiger partial charge in [0.2, 0.25) is 0 Å². The van der Waals surface area contributed by atoms with Gasteiger partial charge >= 0.3 is 0 Å². The number of hydrogen-bond donors (Lipinski definition) is 2. The molecule has 0 fully saturated rings. The van der Waals surface area contributed by atoms with Crippen molar-refractivity contribution in [3.8, 4) is 0 Å². The summed E-state index contributed by atoms with van der Waals surface area (Å²) in [5, 5.41) is 3.28. The van der Waals surface area contributed by atoms with E-state index in [1.54, 1.807) is 19.4 Å². The Hall–Kier alpha value is -1.02. The second kappa shape index (κ2) is 9.09. The lowest BCUT2D eigenvalue weighted by Gasteiger charge is -2.15. The van der Waals surface area contributed by atoms with E-state index in [2.05, 4.69) is 21.9 Å². The van der Waals surface area contributed by atoms with Gasteiger partial charge in [-0.25, -0.2) is 18.1 Å². The normalized spacial score (nSPS) is 13.3. The van der Waals surface area contributed by atoms with Crippen LogP contribution >= 0.6 is 0 Å². The van der Waals surface area contributed by atoms with Crippen LogP contribution in [-0.4, -0.2) is 39.7 Å². The van der Waals surface area contributed by atoms with Crippen LogP contribution in [0.25, 0.3) is 0 Å². The van der Waals surface area contributed by atoms with Crippen molar-refractivity contribution in [1.29, 1.82) is 0 Å². The third kappa shape index (κ3) is 6.09. The average molecular weight is 315 g/mol. The van der Waals surface area contributed by atoms with Crippen molar-refractivity contribution in [3.63, 3.8) is 0 Å². The van der Waals surface area contributed by atoms with Crippen LogP contribution in [0.5, 0.6) is 0 Å². The summed E-state index contributed by atoms with van der Waals surface area (Å²) >= 11 is 0. The Morgan fingerprint density at radius 2 is 2.10 bits per heavy atom. The van der Waals surface area contributed by atoms with E-state index in [0.29, 0.717) is 19.6 Å². The van der Waals surface area contributed by atoms with E-state index in [0.717, 1.165) is 18.5 Å². The van der Waals surface area contributed by atoms with Crippen LogP contribution in [-0.2, 0) is 21.3 Å². The minimum atomic E-state index is -3.60. The number of hydrogen-bond acceptors (Lipinski definition) is 5. The first-order valence-electron chi connectivity index (χ1n) is 7.20. The molecule has 0 saturated carbocycles. The number of ether oxygens (including phenoxy) is 1. The molecule has 1 aromatic rings. The lowest BCUT2D eigenvalue weighted by atomic mass is 10.3. The van der Waals surface area contributed by atoms with Gasteiger partial charge in [-0.15, -0.1) is 0 Å². The van der Waals surface area contributed by atoms with Gasteiger partial charge in [0.25, 0.3) is 10.0 Å². The number of rotatable bonds is 10. The zero-order valence-electron chi connectivity index (χ0n) is 12.9. The first kappa shape index (κ1) is 18.0. The van der Waals surface area contributed by atoms with Crippen molar-refractivity contribution < 1.29 is 13.2 Å². The van der Waals surface area contributed by atoms with Gasteiger partial charge in [-0.05, 0) is 31.0 Å². The van der Waals surface area contributed by atoms with Gasteiger partial charge in [-0.1, -0.05) is 19.9 Å². The van der Waals surface area contributed by atoms with Crippen LogP contribution in [0.4, 0.5) is 0 Å². The van der Waals surface area contributed by atoms with Crippen molar-refractivity contribution in [2.24, 2.45) is 0 Å². The number of methoxy groups -OCH3 is 1. The van der Waals surface area contributed by atoms with Crippen molar-refractivity contribution in [1.82, 2.24) is 15.0 Å². The van der Waals surface area contributed by atoms with Crippen LogP contribution in [0.15, 0.2) is 23.4 Å². The quantitative estimate of drug-likeness (QED) is 0.636. The number of pyridine rings is 1. The topological polar surface area (TPSA) is 80.3 Å². The maximum Gasteiger partial charge on any atom is 0.258 e. The molecule has 1 rings (SSSR count). The van der Waals surface area contributed by atoms with Gasteiger partial charge in [0.1, 0.15) is 0 Å². The molecule has 7 heteroatoms. The number of aromatic nitrogens is 1. The van der Waals surface area contributed by atoms with Crippen LogP contribution in [0.2, 0.25) is 0 Å². The molecule has 0 aromatic carbocycles. The Labute approximate surface area is 127 Å². The van der Waals surface area contributed by atoms with E-state index in [9.17, 15) is 8.42 Å². The predicted molar refractivity (Wildman–Crippen MR) is 82.5 cm³/mol. The molecule has 1 unspecified atom stereocenters. The summed E-state index contributed by atoms with van der Waals surface area (Å²) in [5.41, 5.74) is 0.964. The highest BCUT2D eigenvalue weighted by molar-refractivity contribution is 7.89. The molecule has 0 amide bonds. The predicted octanol–water partition coefficient (Wildman–Crippen LogP) is 1.28. The fourth-order valence-electron chi connectivity index (χ4n) is 1.80. The fourth-order valence-corrected chi connectivity index (χ4v) is 3.03. The zero-order chi connectivity index (χ0) is 15.7. The van der Waals surface area contributed by atoms with Gasteiger partial charge in [-0.3, -0.25) is 0 Å². The summed E-state index contributed by atoms with van der Waals surface area (Å²) < 4.78 is 32.0. The maximum absolute atomic E-state index is 12.2. The first-order valence-corrected chi connectivity index (χ1v) is 8.68. The lowest BCUT2D eigenvalue weighted by molar-refractivity contribution is 0.173. The number of nitrogens with zero attached hydrogens (tertiary/aromatic N) is 1. The minimum Gasteiger partial charge on any atom is -0.383 e. The molecule has 6 nitrogen and oxygen atoms in total. The first-order chi connectivity index (χ1) is 10.0. The van der Waals surface area contributed by atoms with E-state index in [1.165, 1.54) is 6.07 Å². The van der Waals surface area contributed by atoms with Crippen LogP contribution in [0.1, 0.15) is 32.3 Å². The van der Waals surface area contributed by atoms with Crippen molar-refractivity contribution in [2.45, 2.75) is 44.3 Å². The van der Waals surface area contributed by atoms with E-state index in [4.69, 9.17) is 4.74 Å². The van der Waals surface area contributed by atoms with Crippen molar-refractivity contribution >= 4 is 10.0 Å². The molecular weight excluding hydrogens is 290 g/mol. The molecule has 1 aromatic heterocycles. The molecule has 0 aliphatic heterocycles. The van der Waals surface area contributed by atoms with Gasteiger partial charge < -0.3 is 10.1 Å². The van der Waals surface area contributed by atoms with Gasteiger partial charge in [0.15, 0.2) is 5.03 Å². The molecular formula is C14H25N3O3S. The smallest absolute Gasteiger partial charge is 0.258 e. The Bertz CT molecular complexity index is 503. The monoisotopic (exact) mass is 315 g/mol. The average Bonchev–Trinajstić information content (AvgIpc) is 2.47. The Morgan fingerprint density at radius 3 is 2.62 bits per heavy atom. The summed E-state index contributed by atoms with van der Waals surface area (Å²) in [6, 6.07) is 3.07. The Morgan fingerprint density at radius 1 is 1.33 bits per heavy atom. The van der Waals surface area contributed by atoms with Gasteiger partial charge in [-0.2, -0.15) is 0 Å². The van der Waals surface area contributed by atoms with Crippen molar-refractivity contribution in [2.75, 3.05) is 20.3 Å². The molecule has 120 valence electrons. The highest BCUT2D eigenvalue weighted by Gasteiger charge is 2.20. The Kier molecular flexibility index (Phi) is 7.81. The molecule has 1 atom stereocenters. The third-order valence-electron chi connectivity index (χ3n) is 3.01. The molecule has 21 heavy (non-hydrogen) atoms. The molecule has 0 radical (unpaired) electrons. The highest BCUT2D eigenvalue weighted by Crippen LogP contribution is 2.08. The fraction of sp³-hybridized carbons (Fsp3) is 0.643. The maximum atomic E-state index is 12.2. The standard InChI is InChI=1S/C14H25N3O3S/c1-4-8-15-9-12-6-7-14(16-10-12)21(18,19)17-13(5-2)11-20-3/h6-7,10,13,15,17H,4-5,8-9,11H2,1-3H3. The van der Waals surface area contributed by atoms with E-state index < -0.39 is 10.0 Å². The van der Waals surface area contributed by atoms with Crippen LogP contribution < -0.4 is 10.0 Å². The largest absolute Gasteiger partial charge is 0.383 e. The highest BCUT2D eigenvalue weighted by atomic mass is 32.2. The lowest BCUT2D eigenvalue weighted by Crippen LogP contribution is -2.37. The van der Waals surface area contributed by atoms with E-state index in [1.807, 2.05) is 6.92 Å². The molecule has 0 spiro atoms.